The maximum absolute atomic E-state index is 10.2. The minimum atomic E-state index is -0.824. The minimum absolute atomic E-state index is 0.529. The molecular weight excluding hydrogens is 120 g/mol. The first-order chi connectivity index (χ1) is 4.30. The van der Waals surface area contributed by atoms with Crippen LogP contribution in [0.5, 0.6) is 0 Å². The number of carboxylic acids is 1. The zero-order valence-electron chi connectivity index (χ0n) is 5.17. The van der Waals surface area contributed by atoms with Crippen LogP contribution in [0.3, 0.4) is 0 Å². The van der Waals surface area contributed by atoms with E-state index in [2.05, 4.69) is 0 Å². The largest absolute Gasteiger partial charge is 0.479 e. The number of carbonyl (C=O) groups is 1. The lowest BCUT2D eigenvalue weighted by molar-refractivity contribution is -0.153. The highest BCUT2D eigenvalue weighted by molar-refractivity contribution is 5.72. The van der Waals surface area contributed by atoms with Crippen LogP contribution in [0.15, 0.2) is 0 Å². The topological polar surface area (TPSA) is 46.5 Å². The molecule has 0 bridgehead atoms. The van der Waals surface area contributed by atoms with Gasteiger partial charge in [0.1, 0.15) is 0 Å². The second kappa shape index (κ2) is 2.82. The van der Waals surface area contributed by atoms with Crippen molar-refractivity contribution < 1.29 is 14.6 Å². The molecule has 0 radical (unpaired) electrons. The highest BCUT2D eigenvalue weighted by Gasteiger charge is 2.20. The summed E-state index contributed by atoms with van der Waals surface area (Å²) in [6.07, 6.45) is 2.13. The lowest BCUT2D eigenvalue weighted by atomic mass is 10.1. The first kappa shape index (κ1) is 6.55. The summed E-state index contributed by atoms with van der Waals surface area (Å²) in [5.74, 6) is -0.824. The molecule has 9 heavy (non-hydrogen) atoms. The maximum atomic E-state index is 10.2. The molecule has 3 heteroatoms. The summed E-state index contributed by atoms with van der Waals surface area (Å²) in [5.41, 5.74) is 0. The van der Waals surface area contributed by atoms with Crippen molar-refractivity contribution in [2.24, 2.45) is 0 Å². The molecule has 0 aromatic rings. The number of rotatable bonds is 1. The molecule has 0 aliphatic carbocycles. The summed E-state index contributed by atoms with van der Waals surface area (Å²) in [5, 5.41) is 8.41. The standard InChI is InChI=1S/C6H10O3/c7-6(8)5-3-1-2-4-9-5/h5H,1-4H2,(H,7,8)/t5-/m1/s1. The Morgan fingerprint density at radius 3 is 2.67 bits per heavy atom. The van der Waals surface area contributed by atoms with Crippen molar-refractivity contribution >= 4 is 5.97 Å². The Morgan fingerprint density at radius 2 is 2.33 bits per heavy atom. The minimum Gasteiger partial charge on any atom is -0.479 e. The lowest BCUT2D eigenvalue weighted by Gasteiger charge is -2.17. The molecule has 0 amide bonds. The third kappa shape index (κ3) is 1.68. The molecule has 0 aromatic heterocycles. The van der Waals surface area contributed by atoms with E-state index in [1.54, 1.807) is 0 Å². The first-order valence-electron chi connectivity index (χ1n) is 3.15. The van der Waals surface area contributed by atoms with Gasteiger partial charge < -0.3 is 9.84 Å². The molecule has 0 aromatic carbocycles. The van der Waals surface area contributed by atoms with Crippen molar-refractivity contribution in [2.75, 3.05) is 6.61 Å². The van der Waals surface area contributed by atoms with Crippen molar-refractivity contribution in [1.29, 1.82) is 0 Å². The van der Waals surface area contributed by atoms with Crippen LogP contribution in [0.1, 0.15) is 19.3 Å². The normalized spacial score (nSPS) is 27.8. The molecule has 0 saturated carbocycles. The van der Waals surface area contributed by atoms with E-state index in [0.717, 1.165) is 12.8 Å². The Bertz CT molecular complexity index is 105. The van der Waals surface area contributed by atoms with E-state index in [9.17, 15) is 4.79 Å². The molecule has 1 fully saturated rings. The molecule has 1 rings (SSSR count). The highest BCUT2D eigenvalue weighted by atomic mass is 16.5. The molecule has 1 aliphatic rings. The summed E-state index contributed by atoms with van der Waals surface area (Å²) < 4.78 is 4.94. The van der Waals surface area contributed by atoms with Gasteiger partial charge in [0.2, 0.25) is 0 Å². The van der Waals surface area contributed by atoms with Gasteiger partial charge in [-0.15, -0.1) is 0 Å². The Hall–Kier alpha value is -0.570. The van der Waals surface area contributed by atoms with Crippen LogP contribution in [-0.2, 0) is 9.53 Å². The van der Waals surface area contributed by atoms with Crippen LogP contribution < -0.4 is 0 Å². The average Bonchev–Trinajstić information content (AvgIpc) is 1.90. The van der Waals surface area contributed by atoms with Gasteiger partial charge >= 0.3 is 5.97 Å². The van der Waals surface area contributed by atoms with E-state index in [1.807, 2.05) is 0 Å². The summed E-state index contributed by atoms with van der Waals surface area (Å²) in [6, 6.07) is 0. The van der Waals surface area contributed by atoms with Gasteiger partial charge in [0.25, 0.3) is 0 Å². The Balaban J connectivity index is 2.31. The predicted molar refractivity (Wildman–Crippen MR) is 31.2 cm³/mol. The van der Waals surface area contributed by atoms with E-state index in [0.29, 0.717) is 13.0 Å². The predicted octanol–water partition coefficient (Wildman–Crippen LogP) is 0.640. The number of hydrogen-bond donors (Lipinski definition) is 1. The smallest absolute Gasteiger partial charge is 0.332 e. The van der Waals surface area contributed by atoms with Crippen molar-refractivity contribution in [3.05, 3.63) is 0 Å². The average molecular weight is 130 g/mol. The number of hydrogen-bond acceptors (Lipinski definition) is 2. The van der Waals surface area contributed by atoms with Crippen LogP contribution in [0, 0.1) is 0 Å². The molecule has 0 unspecified atom stereocenters. The van der Waals surface area contributed by atoms with Gasteiger partial charge in [-0.1, -0.05) is 0 Å². The van der Waals surface area contributed by atoms with Gasteiger partial charge in [-0.05, 0) is 19.3 Å². The van der Waals surface area contributed by atoms with E-state index < -0.39 is 12.1 Å². The lowest BCUT2D eigenvalue weighted by Crippen LogP contribution is -2.27. The monoisotopic (exact) mass is 130 g/mol. The van der Waals surface area contributed by atoms with Crippen molar-refractivity contribution in [1.82, 2.24) is 0 Å². The molecule has 3 nitrogen and oxygen atoms in total. The van der Waals surface area contributed by atoms with E-state index in [4.69, 9.17) is 9.84 Å². The van der Waals surface area contributed by atoms with Gasteiger partial charge in [-0.25, -0.2) is 4.79 Å². The summed E-state index contributed by atoms with van der Waals surface area (Å²) in [4.78, 5) is 10.2. The summed E-state index contributed by atoms with van der Waals surface area (Å²) >= 11 is 0. The zero-order valence-corrected chi connectivity index (χ0v) is 5.17. The molecule has 1 aliphatic heterocycles. The molecule has 1 heterocycles. The zero-order chi connectivity index (χ0) is 6.69. The SMILES string of the molecule is O=C(O)[C@H]1CCCCO1. The van der Waals surface area contributed by atoms with Crippen molar-refractivity contribution in [2.45, 2.75) is 25.4 Å². The highest BCUT2D eigenvalue weighted by Crippen LogP contribution is 2.11. The fraction of sp³-hybridized carbons (Fsp3) is 0.833. The third-order valence-corrected chi connectivity index (χ3v) is 1.46. The van der Waals surface area contributed by atoms with Crippen LogP contribution in [0.2, 0.25) is 0 Å². The molecule has 0 spiro atoms. The van der Waals surface area contributed by atoms with Crippen molar-refractivity contribution in [3.63, 3.8) is 0 Å². The van der Waals surface area contributed by atoms with Crippen LogP contribution in [0.4, 0.5) is 0 Å². The molecule has 1 saturated heterocycles. The second-order valence-corrected chi connectivity index (χ2v) is 2.19. The fourth-order valence-corrected chi connectivity index (χ4v) is 0.935. The number of ether oxygens (including phenoxy) is 1. The van der Waals surface area contributed by atoms with Gasteiger partial charge in [-0.2, -0.15) is 0 Å². The summed E-state index contributed by atoms with van der Waals surface area (Å²) in [7, 11) is 0. The Kier molecular flexibility index (Phi) is 2.05. The molecule has 1 atom stereocenters. The van der Waals surface area contributed by atoms with E-state index in [1.165, 1.54) is 0 Å². The summed E-state index contributed by atoms with van der Waals surface area (Å²) in [6.45, 7) is 0.608. The number of carboxylic acid groups (broad SMARTS) is 1. The number of aliphatic carboxylic acids is 1. The van der Waals surface area contributed by atoms with E-state index >= 15 is 0 Å². The third-order valence-electron chi connectivity index (χ3n) is 1.46. The van der Waals surface area contributed by atoms with Gasteiger partial charge in [0, 0.05) is 6.61 Å². The Labute approximate surface area is 53.6 Å². The maximum Gasteiger partial charge on any atom is 0.332 e. The molecule has 52 valence electrons. The Morgan fingerprint density at radius 1 is 1.56 bits per heavy atom. The van der Waals surface area contributed by atoms with Crippen LogP contribution >= 0.6 is 0 Å². The first-order valence-corrected chi connectivity index (χ1v) is 3.15. The van der Waals surface area contributed by atoms with Crippen LogP contribution in [-0.4, -0.2) is 23.8 Å². The van der Waals surface area contributed by atoms with E-state index in [-0.39, 0.29) is 0 Å². The second-order valence-electron chi connectivity index (χ2n) is 2.19. The van der Waals surface area contributed by atoms with Gasteiger partial charge in [-0.3, -0.25) is 0 Å². The van der Waals surface area contributed by atoms with Gasteiger partial charge in [0.15, 0.2) is 6.10 Å². The fourth-order valence-electron chi connectivity index (χ4n) is 0.935. The quantitative estimate of drug-likeness (QED) is 0.566. The van der Waals surface area contributed by atoms with Crippen LogP contribution in [0.25, 0.3) is 0 Å². The molecule has 1 N–H and O–H groups in total. The molecular formula is C6H10O3. The van der Waals surface area contributed by atoms with Gasteiger partial charge in [0.05, 0.1) is 0 Å². The van der Waals surface area contributed by atoms with Crippen molar-refractivity contribution in [3.8, 4) is 0 Å².